The number of anilines is 1. The van der Waals surface area contributed by atoms with Gasteiger partial charge in [-0.2, -0.15) is 5.10 Å². The maximum atomic E-state index is 11.9. The molecule has 1 fully saturated rings. The Morgan fingerprint density at radius 2 is 2.14 bits per heavy atom. The predicted octanol–water partition coefficient (Wildman–Crippen LogP) is 2.44. The number of aryl methyl sites for hydroxylation is 1. The summed E-state index contributed by atoms with van der Waals surface area (Å²) in [6, 6.07) is 8.06. The summed E-state index contributed by atoms with van der Waals surface area (Å²) in [4.78, 5) is 14.0. The van der Waals surface area contributed by atoms with E-state index in [2.05, 4.69) is 16.1 Å². The molecule has 0 saturated carbocycles. The molecule has 0 N–H and O–H groups in total. The molecule has 0 bridgehead atoms. The second-order valence-electron chi connectivity index (χ2n) is 5.45. The third kappa shape index (κ3) is 2.57. The van der Waals surface area contributed by atoms with Crippen molar-refractivity contribution >= 4 is 17.3 Å². The Hall–Kier alpha value is -2.01. The number of benzene rings is 1. The average Bonchev–Trinajstić information content (AvgIpc) is 3.02. The van der Waals surface area contributed by atoms with Gasteiger partial charge in [0.25, 0.3) is 5.56 Å². The molecule has 2 aromatic rings. The first kappa shape index (κ1) is 14.9. The second-order valence-corrected chi connectivity index (χ2v) is 5.82. The molecule has 2 heterocycles. The largest absolute Gasteiger partial charge is 0.496 e. The number of methoxy groups -OCH3 is 1. The van der Waals surface area contributed by atoms with Crippen LogP contribution >= 0.6 is 11.6 Å². The standard InChI is InChI=1S/C16H18ClN3O2/c1-19-16(21)15(17)13(9-18-19)20-8-7-11(10-20)12-5-3-4-6-14(12)22-2/h3-6,9,11H,7-8,10H2,1-2H3. The Morgan fingerprint density at radius 3 is 2.91 bits per heavy atom. The first-order valence-corrected chi connectivity index (χ1v) is 7.59. The lowest BCUT2D eigenvalue weighted by Gasteiger charge is -2.20. The van der Waals surface area contributed by atoms with E-state index in [0.717, 1.165) is 25.3 Å². The van der Waals surface area contributed by atoms with E-state index in [1.165, 1.54) is 10.2 Å². The minimum Gasteiger partial charge on any atom is -0.496 e. The summed E-state index contributed by atoms with van der Waals surface area (Å²) in [6.45, 7) is 1.65. The molecule has 1 aliphatic heterocycles. The van der Waals surface area contributed by atoms with Crippen molar-refractivity contribution in [3.05, 3.63) is 51.4 Å². The van der Waals surface area contributed by atoms with Crippen LogP contribution in [0.5, 0.6) is 5.75 Å². The zero-order chi connectivity index (χ0) is 15.7. The van der Waals surface area contributed by atoms with Crippen molar-refractivity contribution in [2.45, 2.75) is 12.3 Å². The van der Waals surface area contributed by atoms with Crippen molar-refractivity contribution in [2.24, 2.45) is 7.05 Å². The fourth-order valence-corrected chi connectivity index (χ4v) is 3.25. The minimum absolute atomic E-state index is 0.234. The molecular weight excluding hydrogens is 302 g/mol. The summed E-state index contributed by atoms with van der Waals surface area (Å²) in [5.41, 5.74) is 1.64. The van der Waals surface area contributed by atoms with Gasteiger partial charge in [0.15, 0.2) is 0 Å². The van der Waals surface area contributed by atoms with E-state index >= 15 is 0 Å². The molecule has 1 aromatic carbocycles. The lowest BCUT2D eigenvalue weighted by molar-refractivity contribution is 0.406. The van der Waals surface area contributed by atoms with Crippen molar-refractivity contribution < 1.29 is 4.74 Å². The van der Waals surface area contributed by atoms with Crippen molar-refractivity contribution in [3.8, 4) is 5.75 Å². The van der Waals surface area contributed by atoms with Crippen LogP contribution in [-0.2, 0) is 7.05 Å². The Labute approximate surface area is 134 Å². The van der Waals surface area contributed by atoms with Crippen LogP contribution in [0.2, 0.25) is 5.02 Å². The van der Waals surface area contributed by atoms with E-state index in [-0.39, 0.29) is 10.6 Å². The summed E-state index contributed by atoms with van der Waals surface area (Å²) in [6.07, 6.45) is 2.65. The number of hydrogen-bond acceptors (Lipinski definition) is 4. The molecule has 3 rings (SSSR count). The van der Waals surface area contributed by atoms with Gasteiger partial charge in [-0.1, -0.05) is 29.8 Å². The summed E-state index contributed by atoms with van der Waals surface area (Å²) in [7, 11) is 3.28. The Bertz CT molecular complexity index is 744. The van der Waals surface area contributed by atoms with Crippen LogP contribution in [0.4, 0.5) is 5.69 Å². The van der Waals surface area contributed by atoms with Gasteiger partial charge in [-0.25, -0.2) is 4.68 Å². The topological polar surface area (TPSA) is 47.4 Å². The van der Waals surface area contributed by atoms with Gasteiger partial charge in [0.05, 0.1) is 19.0 Å². The quantitative estimate of drug-likeness (QED) is 0.872. The first-order chi connectivity index (χ1) is 10.6. The Morgan fingerprint density at radius 1 is 1.36 bits per heavy atom. The normalized spacial score (nSPS) is 17.8. The smallest absolute Gasteiger partial charge is 0.287 e. The highest BCUT2D eigenvalue weighted by molar-refractivity contribution is 6.33. The molecule has 5 nitrogen and oxygen atoms in total. The van der Waals surface area contributed by atoms with Crippen LogP contribution in [0.25, 0.3) is 0 Å². The Balaban J connectivity index is 1.87. The third-order valence-electron chi connectivity index (χ3n) is 4.17. The number of hydrogen-bond donors (Lipinski definition) is 0. The molecule has 1 atom stereocenters. The van der Waals surface area contributed by atoms with E-state index in [1.54, 1.807) is 20.4 Å². The second kappa shape index (κ2) is 6.01. The molecule has 22 heavy (non-hydrogen) atoms. The van der Waals surface area contributed by atoms with Crippen LogP contribution in [0.15, 0.2) is 35.3 Å². The van der Waals surface area contributed by atoms with Crippen LogP contribution in [-0.4, -0.2) is 30.0 Å². The van der Waals surface area contributed by atoms with Crippen LogP contribution < -0.4 is 15.2 Å². The van der Waals surface area contributed by atoms with Crippen LogP contribution in [0, 0.1) is 0 Å². The van der Waals surface area contributed by atoms with Crippen molar-refractivity contribution in [1.29, 1.82) is 0 Å². The summed E-state index contributed by atoms with van der Waals surface area (Å²) in [5.74, 6) is 1.26. The summed E-state index contributed by atoms with van der Waals surface area (Å²) >= 11 is 6.19. The molecule has 1 aromatic heterocycles. The van der Waals surface area contributed by atoms with Gasteiger partial charge in [0.2, 0.25) is 0 Å². The molecule has 116 valence electrons. The van der Waals surface area contributed by atoms with Crippen LogP contribution in [0.3, 0.4) is 0 Å². The monoisotopic (exact) mass is 319 g/mol. The van der Waals surface area contributed by atoms with Crippen LogP contribution in [0.1, 0.15) is 17.9 Å². The predicted molar refractivity (Wildman–Crippen MR) is 87.1 cm³/mol. The molecule has 6 heteroatoms. The highest BCUT2D eigenvalue weighted by Crippen LogP contribution is 2.36. The van der Waals surface area contributed by atoms with Crippen molar-refractivity contribution in [1.82, 2.24) is 9.78 Å². The van der Waals surface area contributed by atoms with Gasteiger partial charge in [-0.15, -0.1) is 0 Å². The number of nitrogens with zero attached hydrogens (tertiary/aromatic N) is 3. The SMILES string of the molecule is COc1ccccc1C1CCN(c2cnn(C)c(=O)c2Cl)C1. The van der Waals surface area contributed by atoms with E-state index in [1.807, 2.05) is 18.2 Å². The highest BCUT2D eigenvalue weighted by atomic mass is 35.5. The average molecular weight is 320 g/mol. The zero-order valence-electron chi connectivity index (χ0n) is 12.6. The van der Waals surface area contributed by atoms with Crippen molar-refractivity contribution in [3.63, 3.8) is 0 Å². The van der Waals surface area contributed by atoms with Gasteiger partial charge in [-0.05, 0) is 18.1 Å². The maximum Gasteiger partial charge on any atom is 0.287 e. The minimum atomic E-state index is -0.264. The van der Waals surface area contributed by atoms with Gasteiger partial charge in [-0.3, -0.25) is 4.79 Å². The summed E-state index contributed by atoms with van der Waals surface area (Å²) < 4.78 is 6.70. The third-order valence-corrected chi connectivity index (χ3v) is 4.52. The lowest BCUT2D eigenvalue weighted by atomic mass is 9.97. The number of para-hydroxylation sites is 1. The number of ether oxygens (including phenoxy) is 1. The van der Waals surface area contributed by atoms with Gasteiger partial charge in [0, 0.05) is 26.1 Å². The van der Waals surface area contributed by atoms with E-state index in [0.29, 0.717) is 11.6 Å². The van der Waals surface area contributed by atoms with Gasteiger partial charge < -0.3 is 9.64 Å². The maximum absolute atomic E-state index is 11.9. The first-order valence-electron chi connectivity index (χ1n) is 7.21. The van der Waals surface area contributed by atoms with E-state index in [9.17, 15) is 4.79 Å². The molecule has 0 radical (unpaired) electrons. The molecule has 1 aliphatic rings. The van der Waals surface area contributed by atoms with E-state index in [4.69, 9.17) is 16.3 Å². The fraction of sp³-hybridized carbons (Fsp3) is 0.375. The fourth-order valence-electron chi connectivity index (χ4n) is 2.96. The van der Waals surface area contributed by atoms with Gasteiger partial charge in [0.1, 0.15) is 10.8 Å². The molecular formula is C16H18ClN3O2. The molecule has 0 aliphatic carbocycles. The molecule has 1 saturated heterocycles. The highest BCUT2D eigenvalue weighted by Gasteiger charge is 2.28. The zero-order valence-corrected chi connectivity index (χ0v) is 13.4. The number of aromatic nitrogens is 2. The summed E-state index contributed by atoms with van der Waals surface area (Å²) in [5, 5.41) is 4.30. The lowest BCUT2D eigenvalue weighted by Crippen LogP contribution is -2.26. The number of rotatable bonds is 3. The molecule has 1 unspecified atom stereocenters. The molecule has 0 spiro atoms. The molecule has 0 amide bonds. The van der Waals surface area contributed by atoms with E-state index < -0.39 is 0 Å². The van der Waals surface area contributed by atoms with Crippen molar-refractivity contribution in [2.75, 3.05) is 25.1 Å². The Kier molecular flexibility index (Phi) is 4.07. The van der Waals surface area contributed by atoms with Gasteiger partial charge >= 0.3 is 0 Å². The number of halogens is 1.